The minimum atomic E-state index is -3.37. The molecule has 0 fully saturated rings. The number of aliphatic hydroxyl groups is 1. The van der Waals surface area contributed by atoms with Crippen LogP contribution in [0.25, 0.3) is 5.57 Å². The third-order valence-corrected chi connectivity index (χ3v) is 4.83. The molecule has 0 aromatic heterocycles. The Kier molecular flexibility index (Phi) is 5.66. The SMILES string of the molecule is CS(=O)(=O)c1ccc(C(=C(C=CO)C(=O)O)c2ccc(Cl)cc2)cc1. The molecule has 0 bridgehead atoms. The van der Waals surface area contributed by atoms with Gasteiger partial charge in [0, 0.05) is 16.9 Å². The Bertz CT molecular complexity index is 940. The highest BCUT2D eigenvalue weighted by Crippen LogP contribution is 2.29. The summed E-state index contributed by atoms with van der Waals surface area (Å²) in [5, 5.41) is 19.0. The highest BCUT2D eigenvalue weighted by molar-refractivity contribution is 7.90. The normalized spacial score (nSPS) is 12.9. The average Bonchev–Trinajstić information content (AvgIpc) is 2.55. The van der Waals surface area contributed by atoms with E-state index in [9.17, 15) is 18.3 Å². The van der Waals surface area contributed by atoms with Gasteiger partial charge in [-0.05, 0) is 41.5 Å². The number of hydrogen-bond donors (Lipinski definition) is 2. The van der Waals surface area contributed by atoms with Crippen LogP contribution in [0.3, 0.4) is 0 Å². The lowest BCUT2D eigenvalue weighted by Crippen LogP contribution is -2.04. The van der Waals surface area contributed by atoms with Crippen molar-refractivity contribution in [1.29, 1.82) is 0 Å². The first kappa shape index (κ1) is 18.8. The fourth-order valence-electron chi connectivity index (χ4n) is 2.30. The molecule has 0 spiro atoms. The summed E-state index contributed by atoms with van der Waals surface area (Å²) in [6, 6.07) is 12.4. The molecule has 2 aromatic rings. The molecule has 2 aromatic carbocycles. The van der Waals surface area contributed by atoms with Gasteiger partial charge in [-0.15, -0.1) is 0 Å². The number of rotatable bonds is 5. The second kappa shape index (κ2) is 7.55. The highest BCUT2D eigenvalue weighted by atomic mass is 35.5. The van der Waals surface area contributed by atoms with Crippen molar-refractivity contribution in [3.63, 3.8) is 0 Å². The van der Waals surface area contributed by atoms with Crippen molar-refractivity contribution in [3.8, 4) is 0 Å². The molecule has 0 aliphatic rings. The van der Waals surface area contributed by atoms with Gasteiger partial charge in [-0.3, -0.25) is 0 Å². The van der Waals surface area contributed by atoms with Crippen molar-refractivity contribution < 1.29 is 23.4 Å². The topological polar surface area (TPSA) is 91.7 Å². The summed E-state index contributed by atoms with van der Waals surface area (Å²) in [5.74, 6) is -1.23. The van der Waals surface area contributed by atoms with Gasteiger partial charge >= 0.3 is 5.97 Å². The van der Waals surface area contributed by atoms with Crippen molar-refractivity contribution in [2.75, 3.05) is 6.26 Å². The van der Waals surface area contributed by atoms with Gasteiger partial charge in [-0.25, -0.2) is 13.2 Å². The molecule has 0 aliphatic heterocycles. The number of carboxylic acids is 1. The summed E-state index contributed by atoms with van der Waals surface area (Å²) in [6.07, 6.45) is 2.80. The maximum absolute atomic E-state index is 11.6. The second-order valence-corrected chi connectivity index (χ2v) is 7.67. The van der Waals surface area contributed by atoms with E-state index in [4.69, 9.17) is 16.7 Å². The van der Waals surface area contributed by atoms with E-state index in [-0.39, 0.29) is 10.5 Å². The molecule has 7 heteroatoms. The van der Waals surface area contributed by atoms with E-state index < -0.39 is 15.8 Å². The van der Waals surface area contributed by atoms with E-state index in [0.717, 1.165) is 12.3 Å². The number of hydrogen-bond acceptors (Lipinski definition) is 4. The first-order chi connectivity index (χ1) is 11.7. The summed E-state index contributed by atoms with van der Waals surface area (Å²) in [6.45, 7) is 0. The van der Waals surface area contributed by atoms with E-state index >= 15 is 0 Å². The van der Waals surface area contributed by atoms with Crippen molar-refractivity contribution in [2.45, 2.75) is 4.90 Å². The van der Waals surface area contributed by atoms with E-state index in [2.05, 4.69) is 0 Å². The average molecular weight is 379 g/mol. The lowest BCUT2D eigenvalue weighted by molar-refractivity contribution is -0.132. The van der Waals surface area contributed by atoms with Gasteiger partial charge in [0.2, 0.25) is 0 Å². The Balaban J connectivity index is 2.73. The largest absolute Gasteiger partial charge is 0.516 e. The molecule has 0 unspecified atom stereocenters. The zero-order valence-electron chi connectivity index (χ0n) is 13.2. The smallest absolute Gasteiger partial charge is 0.336 e. The van der Waals surface area contributed by atoms with Crippen LogP contribution in [0.5, 0.6) is 0 Å². The molecule has 25 heavy (non-hydrogen) atoms. The van der Waals surface area contributed by atoms with Crippen LogP contribution in [-0.4, -0.2) is 30.9 Å². The van der Waals surface area contributed by atoms with Gasteiger partial charge in [0.25, 0.3) is 0 Å². The molecule has 0 aliphatic carbocycles. The Morgan fingerprint density at radius 1 is 1.00 bits per heavy atom. The van der Waals surface area contributed by atoms with Crippen LogP contribution in [0, 0.1) is 0 Å². The van der Waals surface area contributed by atoms with Crippen molar-refractivity contribution in [3.05, 3.63) is 82.6 Å². The number of halogens is 1. The van der Waals surface area contributed by atoms with Gasteiger partial charge in [-0.1, -0.05) is 35.9 Å². The van der Waals surface area contributed by atoms with Gasteiger partial charge < -0.3 is 10.2 Å². The predicted octanol–water partition coefficient (Wildman–Crippen LogP) is 3.70. The van der Waals surface area contributed by atoms with Crippen LogP contribution in [0.4, 0.5) is 0 Å². The van der Waals surface area contributed by atoms with E-state index in [1.54, 1.807) is 24.3 Å². The van der Waals surface area contributed by atoms with Gasteiger partial charge in [0.05, 0.1) is 16.7 Å². The number of aliphatic hydroxyl groups excluding tert-OH is 1. The Hall–Kier alpha value is -2.57. The molecular weight excluding hydrogens is 364 g/mol. The molecule has 130 valence electrons. The summed E-state index contributed by atoms with van der Waals surface area (Å²) in [7, 11) is -3.37. The maximum Gasteiger partial charge on any atom is 0.336 e. The maximum atomic E-state index is 11.6. The van der Waals surface area contributed by atoms with Crippen LogP contribution in [0.2, 0.25) is 5.02 Å². The molecule has 2 rings (SSSR count). The Morgan fingerprint density at radius 3 is 1.88 bits per heavy atom. The first-order valence-corrected chi connectivity index (χ1v) is 9.35. The standard InChI is InChI=1S/C18H15ClO5S/c1-25(23,24)15-8-4-13(5-9-15)17(16(10-11-20)18(21)22)12-2-6-14(19)7-3-12/h2-11,20H,1H3,(H,21,22). The van der Waals surface area contributed by atoms with E-state index in [1.807, 2.05) is 0 Å². The van der Waals surface area contributed by atoms with Gasteiger partial charge in [-0.2, -0.15) is 0 Å². The van der Waals surface area contributed by atoms with E-state index in [1.165, 1.54) is 24.3 Å². The molecule has 2 N–H and O–H groups in total. The predicted molar refractivity (Wildman–Crippen MR) is 96.4 cm³/mol. The molecule has 0 radical (unpaired) electrons. The monoisotopic (exact) mass is 378 g/mol. The zero-order chi connectivity index (χ0) is 18.6. The summed E-state index contributed by atoms with van der Waals surface area (Å²) >= 11 is 5.88. The van der Waals surface area contributed by atoms with E-state index in [0.29, 0.717) is 28.0 Å². The fraction of sp³-hybridized carbons (Fsp3) is 0.0556. The van der Waals surface area contributed by atoms with Crippen LogP contribution in [-0.2, 0) is 14.6 Å². The van der Waals surface area contributed by atoms with Crippen LogP contribution in [0.15, 0.2) is 71.3 Å². The number of aliphatic carboxylic acids is 1. The highest BCUT2D eigenvalue weighted by Gasteiger charge is 2.17. The summed E-state index contributed by atoms with van der Waals surface area (Å²) in [4.78, 5) is 11.8. The summed E-state index contributed by atoms with van der Waals surface area (Å²) in [5.41, 5.74) is 1.24. The Morgan fingerprint density at radius 2 is 1.48 bits per heavy atom. The zero-order valence-corrected chi connectivity index (χ0v) is 14.8. The lowest BCUT2D eigenvalue weighted by Gasteiger charge is -2.12. The molecule has 0 amide bonds. The summed E-state index contributed by atoms with van der Waals surface area (Å²) < 4.78 is 23.2. The molecule has 0 heterocycles. The molecule has 0 saturated carbocycles. The lowest BCUT2D eigenvalue weighted by atomic mass is 9.93. The van der Waals surface area contributed by atoms with Crippen LogP contribution >= 0.6 is 11.6 Å². The van der Waals surface area contributed by atoms with Crippen LogP contribution in [0.1, 0.15) is 11.1 Å². The molecular formula is C18H15ClO5S. The molecule has 5 nitrogen and oxygen atoms in total. The van der Waals surface area contributed by atoms with Crippen molar-refractivity contribution in [2.24, 2.45) is 0 Å². The third-order valence-electron chi connectivity index (χ3n) is 3.44. The second-order valence-electron chi connectivity index (χ2n) is 5.21. The minimum Gasteiger partial charge on any atom is -0.516 e. The number of carboxylic acid groups (broad SMARTS) is 1. The molecule has 0 atom stereocenters. The van der Waals surface area contributed by atoms with Gasteiger partial charge in [0.15, 0.2) is 9.84 Å². The van der Waals surface area contributed by atoms with Crippen molar-refractivity contribution >= 4 is 33.0 Å². The first-order valence-electron chi connectivity index (χ1n) is 7.09. The fourth-order valence-corrected chi connectivity index (χ4v) is 3.06. The third kappa shape index (κ3) is 4.49. The van der Waals surface area contributed by atoms with Crippen molar-refractivity contribution in [1.82, 2.24) is 0 Å². The number of benzene rings is 2. The molecule has 0 saturated heterocycles. The Labute approximate surface area is 150 Å². The quantitative estimate of drug-likeness (QED) is 0.470. The minimum absolute atomic E-state index is 0.126. The number of carbonyl (C=O) groups is 1. The van der Waals surface area contributed by atoms with Crippen LogP contribution < -0.4 is 0 Å². The van der Waals surface area contributed by atoms with Gasteiger partial charge in [0.1, 0.15) is 0 Å². The number of sulfone groups is 1.